The minimum absolute atomic E-state index is 0.177. The molecule has 0 saturated carbocycles. The first-order valence-corrected chi connectivity index (χ1v) is 8.45. The summed E-state index contributed by atoms with van der Waals surface area (Å²) in [6.45, 7) is 4.62. The van der Waals surface area contributed by atoms with Crippen molar-refractivity contribution in [2.24, 2.45) is 5.92 Å². The highest BCUT2D eigenvalue weighted by atomic mass is 16.5. The molecule has 5 nitrogen and oxygen atoms in total. The summed E-state index contributed by atoms with van der Waals surface area (Å²) < 4.78 is 5.48. The first-order valence-electron chi connectivity index (χ1n) is 8.45. The molecule has 2 N–H and O–H groups in total. The van der Waals surface area contributed by atoms with Crippen molar-refractivity contribution in [2.75, 3.05) is 25.0 Å². The lowest BCUT2D eigenvalue weighted by molar-refractivity contribution is 0.102. The number of anilines is 1. The predicted molar refractivity (Wildman–Crippen MR) is 94.5 cm³/mol. The average Bonchev–Trinajstić information content (AvgIpc) is 3.10. The molecule has 1 amide bonds. The molecule has 1 atom stereocenters. The standard InChI is InChI=1S/C19H23N3O2/c1-2-24-17-4-3-10-21-18(17)22-19(23)16-7-5-14(6-8-16)12-15-9-11-20-13-15/h3-8,10,15,20H,2,9,11-13H2,1H3,(H,21,22,23). The third-order valence-corrected chi connectivity index (χ3v) is 4.21. The Balaban J connectivity index is 1.64. The Morgan fingerprint density at radius 3 is 2.88 bits per heavy atom. The minimum atomic E-state index is -0.177. The van der Waals surface area contributed by atoms with Gasteiger partial charge >= 0.3 is 0 Å². The maximum absolute atomic E-state index is 12.4. The van der Waals surface area contributed by atoms with Crippen LogP contribution in [0.4, 0.5) is 5.82 Å². The number of aromatic nitrogens is 1. The zero-order valence-electron chi connectivity index (χ0n) is 13.9. The molecule has 1 fully saturated rings. The van der Waals surface area contributed by atoms with Gasteiger partial charge in [0.25, 0.3) is 5.91 Å². The Hall–Kier alpha value is -2.40. The molecule has 1 saturated heterocycles. The maximum atomic E-state index is 12.4. The summed E-state index contributed by atoms with van der Waals surface area (Å²) in [7, 11) is 0. The minimum Gasteiger partial charge on any atom is -0.490 e. The number of nitrogens with zero attached hydrogens (tertiary/aromatic N) is 1. The molecule has 1 aromatic carbocycles. The molecule has 126 valence electrons. The van der Waals surface area contributed by atoms with Gasteiger partial charge in [0.15, 0.2) is 11.6 Å². The van der Waals surface area contributed by atoms with Crippen LogP contribution in [0.3, 0.4) is 0 Å². The molecule has 5 heteroatoms. The Bertz CT molecular complexity index is 679. The van der Waals surface area contributed by atoms with Gasteiger partial charge in [0.1, 0.15) is 0 Å². The quantitative estimate of drug-likeness (QED) is 0.857. The van der Waals surface area contributed by atoms with E-state index in [2.05, 4.69) is 15.6 Å². The SMILES string of the molecule is CCOc1cccnc1NC(=O)c1ccc(CC2CCNC2)cc1. The Morgan fingerprint density at radius 2 is 2.17 bits per heavy atom. The normalized spacial score (nSPS) is 16.8. The zero-order valence-corrected chi connectivity index (χ0v) is 13.9. The van der Waals surface area contributed by atoms with Crippen molar-refractivity contribution < 1.29 is 9.53 Å². The Labute approximate surface area is 142 Å². The van der Waals surface area contributed by atoms with E-state index in [9.17, 15) is 4.79 Å². The fourth-order valence-corrected chi connectivity index (χ4v) is 2.95. The summed E-state index contributed by atoms with van der Waals surface area (Å²) in [5.74, 6) is 1.56. The van der Waals surface area contributed by atoms with Crippen LogP contribution in [0.5, 0.6) is 5.75 Å². The van der Waals surface area contributed by atoms with Gasteiger partial charge in [0.2, 0.25) is 0 Å². The van der Waals surface area contributed by atoms with Gasteiger partial charge in [0, 0.05) is 11.8 Å². The number of nitrogens with one attached hydrogen (secondary N) is 2. The molecule has 2 heterocycles. The van der Waals surface area contributed by atoms with E-state index in [0.29, 0.717) is 29.7 Å². The molecule has 1 aliphatic rings. The van der Waals surface area contributed by atoms with Gasteiger partial charge in [-0.15, -0.1) is 0 Å². The van der Waals surface area contributed by atoms with E-state index in [-0.39, 0.29) is 5.91 Å². The van der Waals surface area contributed by atoms with Crippen molar-refractivity contribution >= 4 is 11.7 Å². The third kappa shape index (κ3) is 4.11. The molecule has 3 rings (SSSR count). The number of ether oxygens (including phenoxy) is 1. The Kier molecular flexibility index (Phi) is 5.43. The van der Waals surface area contributed by atoms with Gasteiger partial charge in [0.05, 0.1) is 6.61 Å². The number of benzene rings is 1. The molecule has 1 aromatic heterocycles. The first-order chi connectivity index (χ1) is 11.8. The van der Waals surface area contributed by atoms with E-state index in [0.717, 1.165) is 19.5 Å². The topological polar surface area (TPSA) is 63.2 Å². The second-order valence-electron chi connectivity index (χ2n) is 6.00. The van der Waals surface area contributed by atoms with Crippen molar-refractivity contribution in [3.63, 3.8) is 0 Å². The van der Waals surface area contributed by atoms with Crippen LogP contribution in [-0.2, 0) is 6.42 Å². The van der Waals surface area contributed by atoms with Gasteiger partial charge in [-0.1, -0.05) is 12.1 Å². The van der Waals surface area contributed by atoms with Gasteiger partial charge in [-0.05, 0) is 68.6 Å². The van der Waals surface area contributed by atoms with E-state index >= 15 is 0 Å². The number of carbonyl (C=O) groups excluding carboxylic acids is 1. The van der Waals surface area contributed by atoms with Crippen LogP contribution in [0.25, 0.3) is 0 Å². The molecule has 1 unspecified atom stereocenters. The maximum Gasteiger partial charge on any atom is 0.256 e. The van der Waals surface area contributed by atoms with Crippen LogP contribution in [0.15, 0.2) is 42.6 Å². The van der Waals surface area contributed by atoms with Crippen molar-refractivity contribution in [2.45, 2.75) is 19.8 Å². The smallest absolute Gasteiger partial charge is 0.256 e. The number of amides is 1. The summed E-state index contributed by atoms with van der Waals surface area (Å²) in [5, 5.41) is 6.20. The monoisotopic (exact) mass is 325 g/mol. The van der Waals surface area contributed by atoms with Crippen molar-refractivity contribution in [3.05, 3.63) is 53.7 Å². The lowest BCUT2D eigenvalue weighted by atomic mass is 9.98. The third-order valence-electron chi connectivity index (χ3n) is 4.21. The van der Waals surface area contributed by atoms with Crippen LogP contribution >= 0.6 is 0 Å². The van der Waals surface area contributed by atoms with Gasteiger partial charge in [-0.3, -0.25) is 4.79 Å². The molecular weight excluding hydrogens is 302 g/mol. The highest BCUT2D eigenvalue weighted by Crippen LogP contribution is 2.22. The highest BCUT2D eigenvalue weighted by Gasteiger charge is 2.15. The highest BCUT2D eigenvalue weighted by molar-refractivity contribution is 6.04. The van der Waals surface area contributed by atoms with Crippen LogP contribution in [-0.4, -0.2) is 30.6 Å². The second kappa shape index (κ2) is 7.93. The molecular formula is C19H23N3O2. The number of carbonyl (C=O) groups is 1. The number of hydrogen-bond acceptors (Lipinski definition) is 4. The Morgan fingerprint density at radius 1 is 1.33 bits per heavy atom. The predicted octanol–water partition coefficient (Wildman–Crippen LogP) is 2.88. The first kappa shape index (κ1) is 16.5. The van der Waals surface area contributed by atoms with E-state index in [4.69, 9.17) is 4.74 Å². The molecule has 0 radical (unpaired) electrons. The van der Waals surface area contributed by atoms with Crippen molar-refractivity contribution in [1.82, 2.24) is 10.3 Å². The molecule has 0 bridgehead atoms. The van der Waals surface area contributed by atoms with Gasteiger partial charge in [-0.25, -0.2) is 4.98 Å². The number of rotatable bonds is 6. The van der Waals surface area contributed by atoms with E-state index in [1.807, 2.05) is 31.2 Å². The summed E-state index contributed by atoms with van der Waals surface area (Å²) in [4.78, 5) is 16.6. The lowest BCUT2D eigenvalue weighted by Gasteiger charge is -2.11. The van der Waals surface area contributed by atoms with Crippen LogP contribution < -0.4 is 15.4 Å². The van der Waals surface area contributed by atoms with Crippen LogP contribution in [0.1, 0.15) is 29.3 Å². The summed E-state index contributed by atoms with van der Waals surface area (Å²) in [6.07, 6.45) is 3.92. The summed E-state index contributed by atoms with van der Waals surface area (Å²) in [5.41, 5.74) is 1.89. The molecule has 1 aliphatic heterocycles. The lowest BCUT2D eigenvalue weighted by Crippen LogP contribution is -2.14. The van der Waals surface area contributed by atoms with E-state index in [1.54, 1.807) is 18.3 Å². The largest absolute Gasteiger partial charge is 0.490 e. The molecule has 0 spiro atoms. The fourth-order valence-electron chi connectivity index (χ4n) is 2.95. The molecule has 2 aromatic rings. The average molecular weight is 325 g/mol. The molecule has 0 aliphatic carbocycles. The van der Waals surface area contributed by atoms with Gasteiger partial charge < -0.3 is 15.4 Å². The number of hydrogen-bond donors (Lipinski definition) is 2. The van der Waals surface area contributed by atoms with E-state index in [1.165, 1.54) is 12.0 Å². The number of pyridine rings is 1. The van der Waals surface area contributed by atoms with Crippen molar-refractivity contribution in [3.8, 4) is 5.75 Å². The fraction of sp³-hybridized carbons (Fsp3) is 0.368. The summed E-state index contributed by atoms with van der Waals surface area (Å²) in [6, 6.07) is 11.4. The molecule has 24 heavy (non-hydrogen) atoms. The second-order valence-corrected chi connectivity index (χ2v) is 6.00. The van der Waals surface area contributed by atoms with E-state index < -0.39 is 0 Å². The van der Waals surface area contributed by atoms with Gasteiger partial charge in [-0.2, -0.15) is 0 Å². The van der Waals surface area contributed by atoms with Crippen molar-refractivity contribution in [1.29, 1.82) is 0 Å². The van der Waals surface area contributed by atoms with Crippen LogP contribution in [0, 0.1) is 5.92 Å². The van der Waals surface area contributed by atoms with Crippen LogP contribution in [0.2, 0.25) is 0 Å². The zero-order chi connectivity index (χ0) is 16.8. The summed E-state index contributed by atoms with van der Waals surface area (Å²) >= 11 is 0.